The standard InChI is InChI=1S/C18H19N5OS2/c1-3-23(4-2)16-10-9-13(11-19-16)17(24)21-14-7-5-6-8-15(14)26-18-22-20-12-25-18/h5-12H,3-4H2,1-2H3,(H,21,24). The third kappa shape index (κ3) is 4.39. The summed E-state index contributed by atoms with van der Waals surface area (Å²) in [6.07, 6.45) is 1.61. The number of hydrogen-bond donors (Lipinski definition) is 1. The lowest BCUT2D eigenvalue weighted by molar-refractivity contribution is 0.102. The lowest BCUT2D eigenvalue weighted by Crippen LogP contribution is -2.23. The predicted molar refractivity (Wildman–Crippen MR) is 106 cm³/mol. The Balaban J connectivity index is 1.74. The highest BCUT2D eigenvalue weighted by atomic mass is 32.2. The SMILES string of the molecule is CCN(CC)c1ccc(C(=O)Nc2ccccc2Sc2nncs2)cn1. The molecule has 3 aromatic rings. The molecule has 0 aliphatic rings. The van der Waals surface area contributed by atoms with Crippen LogP contribution in [-0.2, 0) is 0 Å². The molecule has 0 unspecified atom stereocenters. The first-order valence-electron chi connectivity index (χ1n) is 8.26. The average Bonchev–Trinajstić information content (AvgIpc) is 3.18. The first kappa shape index (κ1) is 18.3. The normalized spacial score (nSPS) is 10.5. The number of hydrogen-bond acceptors (Lipinski definition) is 7. The van der Waals surface area contributed by atoms with Gasteiger partial charge in [-0.15, -0.1) is 10.2 Å². The number of nitrogens with one attached hydrogen (secondary N) is 1. The van der Waals surface area contributed by atoms with Crippen LogP contribution in [-0.4, -0.2) is 34.2 Å². The maximum Gasteiger partial charge on any atom is 0.257 e. The van der Waals surface area contributed by atoms with E-state index in [1.165, 1.54) is 23.1 Å². The van der Waals surface area contributed by atoms with Crippen molar-refractivity contribution in [1.82, 2.24) is 15.2 Å². The van der Waals surface area contributed by atoms with E-state index < -0.39 is 0 Å². The van der Waals surface area contributed by atoms with Crippen molar-refractivity contribution in [2.45, 2.75) is 23.1 Å². The number of carbonyl (C=O) groups excluding carboxylic acids is 1. The first-order chi connectivity index (χ1) is 12.7. The molecule has 1 amide bonds. The molecule has 134 valence electrons. The number of para-hydroxylation sites is 1. The molecule has 0 fully saturated rings. The second kappa shape index (κ2) is 8.77. The van der Waals surface area contributed by atoms with Crippen molar-refractivity contribution in [2.24, 2.45) is 0 Å². The summed E-state index contributed by atoms with van der Waals surface area (Å²) in [7, 11) is 0. The van der Waals surface area contributed by atoms with Gasteiger partial charge in [0.15, 0.2) is 4.34 Å². The van der Waals surface area contributed by atoms with E-state index in [4.69, 9.17) is 0 Å². The topological polar surface area (TPSA) is 71.0 Å². The smallest absolute Gasteiger partial charge is 0.257 e. The van der Waals surface area contributed by atoms with Crippen LogP contribution in [0.15, 0.2) is 57.3 Å². The second-order valence-corrected chi connectivity index (χ2v) is 7.46. The highest BCUT2D eigenvalue weighted by molar-refractivity contribution is 8.01. The van der Waals surface area contributed by atoms with Crippen molar-refractivity contribution in [2.75, 3.05) is 23.3 Å². The Morgan fingerprint density at radius 2 is 2.00 bits per heavy atom. The second-order valence-electron chi connectivity index (χ2n) is 5.33. The molecule has 8 heteroatoms. The van der Waals surface area contributed by atoms with Gasteiger partial charge in [0, 0.05) is 24.2 Å². The largest absolute Gasteiger partial charge is 0.357 e. The van der Waals surface area contributed by atoms with Crippen LogP contribution in [0.4, 0.5) is 11.5 Å². The Morgan fingerprint density at radius 1 is 1.19 bits per heavy atom. The summed E-state index contributed by atoms with van der Waals surface area (Å²) in [5.74, 6) is 0.688. The number of benzene rings is 1. The van der Waals surface area contributed by atoms with E-state index in [9.17, 15) is 4.79 Å². The molecular formula is C18H19N5OS2. The van der Waals surface area contributed by atoms with Crippen LogP contribution in [0, 0.1) is 0 Å². The van der Waals surface area contributed by atoms with E-state index in [1.807, 2.05) is 30.3 Å². The molecule has 0 radical (unpaired) electrons. The van der Waals surface area contributed by atoms with Gasteiger partial charge in [-0.1, -0.05) is 35.2 Å². The molecule has 0 saturated carbocycles. The predicted octanol–water partition coefficient (Wildman–Crippen LogP) is 4.18. The number of anilines is 2. The van der Waals surface area contributed by atoms with Crippen molar-refractivity contribution in [3.05, 3.63) is 53.7 Å². The Labute approximate surface area is 160 Å². The molecule has 1 aromatic carbocycles. The number of pyridine rings is 1. The van der Waals surface area contributed by atoms with Crippen molar-refractivity contribution in [1.29, 1.82) is 0 Å². The van der Waals surface area contributed by atoms with E-state index in [1.54, 1.807) is 17.8 Å². The summed E-state index contributed by atoms with van der Waals surface area (Å²) in [6, 6.07) is 11.3. The third-order valence-electron chi connectivity index (χ3n) is 3.77. The molecule has 2 aromatic heterocycles. The average molecular weight is 386 g/mol. The fourth-order valence-electron chi connectivity index (χ4n) is 2.41. The van der Waals surface area contributed by atoms with Gasteiger partial charge in [-0.25, -0.2) is 4.98 Å². The molecule has 1 N–H and O–H groups in total. The van der Waals surface area contributed by atoms with Gasteiger partial charge < -0.3 is 10.2 Å². The van der Waals surface area contributed by atoms with Gasteiger partial charge in [0.05, 0.1) is 11.3 Å². The summed E-state index contributed by atoms with van der Waals surface area (Å²) >= 11 is 2.94. The molecule has 2 heterocycles. The lowest BCUT2D eigenvalue weighted by atomic mass is 10.2. The Bertz CT molecular complexity index is 848. The van der Waals surface area contributed by atoms with Gasteiger partial charge >= 0.3 is 0 Å². The zero-order valence-corrected chi connectivity index (χ0v) is 16.2. The van der Waals surface area contributed by atoms with Gasteiger partial charge in [-0.05, 0) is 38.1 Å². The van der Waals surface area contributed by atoms with Gasteiger partial charge in [0.2, 0.25) is 0 Å². The Kier molecular flexibility index (Phi) is 6.19. The molecule has 0 atom stereocenters. The zero-order valence-electron chi connectivity index (χ0n) is 14.5. The molecule has 6 nitrogen and oxygen atoms in total. The fraction of sp³-hybridized carbons (Fsp3) is 0.222. The van der Waals surface area contributed by atoms with Gasteiger partial charge in [-0.2, -0.15) is 0 Å². The summed E-state index contributed by atoms with van der Waals surface area (Å²) < 4.78 is 0.831. The quantitative estimate of drug-likeness (QED) is 0.658. The highest BCUT2D eigenvalue weighted by Crippen LogP contribution is 2.34. The van der Waals surface area contributed by atoms with Gasteiger partial charge in [0.1, 0.15) is 11.3 Å². The maximum absolute atomic E-state index is 12.6. The summed E-state index contributed by atoms with van der Waals surface area (Å²) in [5.41, 5.74) is 2.95. The van der Waals surface area contributed by atoms with Crippen LogP contribution in [0.25, 0.3) is 0 Å². The van der Waals surface area contributed by atoms with Crippen molar-refractivity contribution >= 4 is 40.5 Å². The fourth-order valence-corrected chi connectivity index (χ4v) is 3.93. The lowest BCUT2D eigenvalue weighted by Gasteiger charge is -2.19. The van der Waals surface area contributed by atoms with Crippen molar-refractivity contribution in [3.8, 4) is 0 Å². The minimum Gasteiger partial charge on any atom is -0.357 e. The number of rotatable bonds is 7. The number of amides is 1. The molecule has 0 bridgehead atoms. The van der Waals surface area contributed by atoms with E-state index in [0.29, 0.717) is 5.56 Å². The summed E-state index contributed by atoms with van der Waals surface area (Å²) in [4.78, 5) is 20.1. The molecule has 0 aliphatic heterocycles. The van der Waals surface area contributed by atoms with E-state index in [0.717, 1.165) is 33.8 Å². The van der Waals surface area contributed by atoms with Crippen LogP contribution >= 0.6 is 23.1 Å². The highest BCUT2D eigenvalue weighted by Gasteiger charge is 2.12. The Morgan fingerprint density at radius 3 is 2.65 bits per heavy atom. The zero-order chi connectivity index (χ0) is 18.4. The van der Waals surface area contributed by atoms with E-state index >= 15 is 0 Å². The number of nitrogens with zero attached hydrogens (tertiary/aromatic N) is 4. The Hall–Kier alpha value is -2.45. The van der Waals surface area contributed by atoms with Crippen LogP contribution in [0.3, 0.4) is 0 Å². The molecular weight excluding hydrogens is 366 g/mol. The molecule has 0 spiro atoms. The summed E-state index contributed by atoms with van der Waals surface area (Å²) in [5, 5.41) is 10.8. The first-order valence-corrected chi connectivity index (χ1v) is 9.96. The monoisotopic (exact) mass is 385 g/mol. The number of aromatic nitrogens is 3. The van der Waals surface area contributed by atoms with Crippen molar-refractivity contribution < 1.29 is 4.79 Å². The van der Waals surface area contributed by atoms with Gasteiger partial charge in [0.25, 0.3) is 5.91 Å². The third-order valence-corrected chi connectivity index (χ3v) is 5.62. The van der Waals surface area contributed by atoms with Crippen LogP contribution in [0.5, 0.6) is 0 Å². The van der Waals surface area contributed by atoms with E-state index in [2.05, 4.69) is 39.2 Å². The number of carbonyl (C=O) groups is 1. The van der Waals surface area contributed by atoms with Crippen LogP contribution in [0.2, 0.25) is 0 Å². The van der Waals surface area contributed by atoms with Crippen LogP contribution in [0.1, 0.15) is 24.2 Å². The van der Waals surface area contributed by atoms with E-state index in [-0.39, 0.29) is 5.91 Å². The minimum absolute atomic E-state index is 0.186. The van der Waals surface area contributed by atoms with Gasteiger partial charge in [-0.3, -0.25) is 4.79 Å². The van der Waals surface area contributed by atoms with Crippen LogP contribution < -0.4 is 10.2 Å². The van der Waals surface area contributed by atoms with Crippen molar-refractivity contribution in [3.63, 3.8) is 0 Å². The molecule has 0 saturated heterocycles. The molecule has 3 rings (SSSR count). The molecule has 26 heavy (non-hydrogen) atoms. The maximum atomic E-state index is 12.6. The molecule has 0 aliphatic carbocycles. The minimum atomic E-state index is -0.186. The summed E-state index contributed by atoms with van der Waals surface area (Å²) in [6.45, 7) is 5.92.